The minimum absolute atomic E-state index is 0.0690. The van der Waals surface area contributed by atoms with E-state index in [1.54, 1.807) is 16.7 Å². The highest BCUT2D eigenvalue weighted by Gasteiger charge is 2.11. The van der Waals surface area contributed by atoms with Crippen molar-refractivity contribution < 1.29 is 4.79 Å². The van der Waals surface area contributed by atoms with Crippen LogP contribution in [-0.4, -0.2) is 27.0 Å². The second-order valence-electron chi connectivity index (χ2n) is 6.39. The van der Waals surface area contributed by atoms with Crippen LogP contribution in [0, 0.1) is 0 Å². The summed E-state index contributed by atoms with van der Waals surface area (Å²) >= 11 is 0. The van der Waals surface area contributed by atoms with E-state index in [-0.39, 0.29) is 11.5 Å². The lowest BCUT2D eigenvalue weighted by Gasteiger charge is -2.13. The van der Waals surface area contributed by atoms with E-state index < -0.39 is 0 Å². The molecule has 6 heteroatoms. The Morgan fingerprint density at radius 3 is 2.89 bits per heavy atom. The Kier molecular flexibility index (Phi) is 4.46. The SMILES string of the molecule is CCc1nc2ccccc2c(=O)n1CCNC(=O)c1ccc2[nH]ccc2c1. The van der Waals surface area contributed by atoms with Gasteiger partial charge in [0.2, 0.25) is 0 Å². The second kappa shape index (κ2) is 7.07. The Bertz CT molecular complexity index is 1190. The minimum Gasteiger partial charge on any atom is -0.361 e. The zero-order chi connectivity index (χ0) is 18.8. The number of carbonyl (C=O) groups is 1. The van der Waals surface area contributed by atoms with Crippen LogP contribution in [-0.2, 0) is 13.0 Å². The van der Waals surface area contributed by atoms with E-state index in [4.69, 9.17) is 0 Å². The first kappa shape index (κ1) is 17.0. The third-order valence-corrected chi connectivity index (χ3v) is 4.69. The van der Waals surface area contributed by atoms with E-state index in [9.17, 15) is 9.59 Å². The Labute approximate surface area is 155 Å². The molecule has 2 aromatic heterocycles. The average Bonchev–Trinajstić information content (AvgIpc) is 3.17. The van der Waals surface area contributed by atoms with Gasteiger partial charge in [-0.1, -0.05) is 19.1 Å². The normalized spacial score (nSPS) is 11.1. The van der Waals surface area contributed by atoms with Crippen LogP contribution in [0.3, 0.4) is 0 Å². The van der Waals surface area contributed by atoms with Gasteiger partial charge in [-0.15, -0.1) is 0 Å². The molecule has 2 N–H and O–H groups in total. The van der Waals surface area contributed by atoms with Crippen LogP contribution in [0.5, 0.6) is 0 Å². The number of para-hydroxylation sites is 1. The number of benzene rings is 2. The summed E-state index contributed by atoms with van der Waals surface area (Å²) in [5.74, 6) is 0.569. The quantitative estimate of drug-likeness (QED) is 0.574. The molecule has 0 aliphatic rings. The number of aromatic amines is 1. The van der Waals surface area contributed by atoms with Gasteiger partial charge in [-0.05, 0) is 36.4 Å². The van der Waals surface area contributed by atoms with Crippen LogP contribution < -0.4 is 10.9 Å². The summed E-state index contributed by atoms with van der Waals surface area (Å²) in [6.07, 6.45) is 2.50. The average molecular weight is 360 g/mol. The summed E-state index contributed by atoms with van der Waals surface area (Å²) in [6.45, 7) is 2.71. The third kappa shape index (κ3) is 3.21. The number of fused-ring (bicyclic) bond motifs is 2. The van der Waals surface area contributed by atoms with Crippen LogP contribution in [0.2, 0.25) is 0 Å². The van der Waals surface area contributed by atoms with Gasteiger partial charge in [-0.2, -0.15) is 0 Å². The molecular weight excluding hydrogens is 340 g/mol. The minimum atomic E-state index is -0.155. The van der Waals surface area contributed by atoms with Crippen LogP contribution in [0.25, 0.3) is 21.8 Å². The van der Waals surface area contributed by atoms with E-state index in [1.165, 1.54) is 0 Å². The maximum Gasteiger partial charge on any atom is 0.261 e. The Hall–Kier alpha value is -3.41. The molecule has 136 valence electrons. The highest BCUT2D eigenvalue weighted by Crippen LogP contribution is 2.14. The van der Waals surface area contributed by atoms with Gasteiger partial charge in [0, 0.05) is 42.2 Å². The number of H-pyrrole nitrogens is 1. The number of rotatable bonds is 5. The van der Waals surface area contributed by atoms with Gasteiger partial charge in [0.15, 0.2) is 0 Å². The van der Waals surface area contributed by atoms with Gasteiger partial charge in [0.05, 0.1) is 10.9 Å². The molecule has 0 saturated carbocycles. The van der Waals surface area contributed by atoms with Gasteiger partial charge >= 0.3 is 0 Å². The summed E-state index contributed by atoms with van der Waals surface area (Å²) in [4.78, 5) is 32.9. The van der Waals surface area contributed by atoms with Crippen LogP contribution >= 0.6 is 0 Å². The van der Waals surface area contributed by atoms with Crippen molar-refractivity contribution in [3.63, 3.8) is 0 Å². The van der Waals surface area contributed by atoms with E-state index in [0.29, 0.717) is 36.0 Å². The van der Waals surface area contributed by atoms with E-state index in [1.807, 2.05) is 49.5 Å². The lowest BCUT2D eigenvalue weighted by molar-refractivity contribution is 0.0952. The maximum atomic E-state index is 12.8. The highest BCUT2D eigenvalue weighted by molar-refractivity contribution is 5.98. The summed E-state index contributed by atoms with van der Waals surface area (Å²) in [7, 11) is 0. The predicted molar refractivity (Wildman–Crippen MR) is 106 cm³/mol. The molecule has 6 nitrogen and oxygen atoms in total. The lowest BCUT2D eigenvalue weighted by atomic mass is 10.1. The monoisotopic (exact) mass is 360 g/mol. The van der Waals surface area contributed by atoms with Crippen LogP contribution in [0.15, 0.2) is 59.5 Å². The van der Waals surface area contributed by atoms with Crippen molar-refractivity contribution >= 4 is 27.7 Å². The molecule has 0 spiro atoms. The fraction of sp³-hybridized carbons (Fsp3) is 0.190. The van der Waals surface area contributed by atoms with E-state index in [0.717, 1.165) is 16.7 Å². The molecule has 2 heterocycles. The molecule has 4 rings (SSSR count). The molecule has 1 amide bonds. The molecule has 0 unspecified atom stereocenters. The number of hydrogen-bond donors (Lipinski definition) is 2. The molecule has 0 fully saturated rings. The first-order valence-corrected chi connectivity index (χ1v) is 9.01. The van der Waals surface area contributed by atoms with Gasteiger partial charge in [0.25, 0.3) is 11.5 Å². The zero-order valence-electron chi connectivity index (χ0n) is 15.0. The Balaban J connectivity index is 1.52. The fourth-order valence-electron chi connectivity index (χ4n) is 3.29. The predicted octanol–water partition coefficient (Wildman–Crippen LogP) is 2.87. The number of carbonyl (C=O) groups excluding carboxylic acids is 1. The largest absolute Gasteiger partial charge is 0.361 e. The van der Waals surface area contributed by atoms with E-state index in [2.05, 4.69) is 15.3 Å². The Morgan fingerprint density at radius 2 is 2.04 bits per heavy atom. The van der Waals surface area contributed by atoms with Crippen molar-refractivity contribution in [2.45, 2.75) is 19.9 Å². The summed E-state index contributed by atoms with van der Waals surface area (Å²) < 4.78 is 1.65. The standard InChI is InChI=1S/C21H20N4O2/c1-2-19-24-18-6-4-3-5-16(18)21(27)25(19)12-11-23-20(26)15-7-8-17-14(13-15)9-10-22-17/h3-10,13,22H,2,11-12H2,1H3,(H,23,26). The van der Waals surface area contributed by atoms with Crippen molar-refractivity contribution in [3.05, 3.63) is 76.5 Å². The van der Waals surface area contributed by atoms with Gasteiger partial charge in [0.1, 0.15) is 5.82 Å². The number of aryl methyl sites for hydroxylation is 1. The van der Waals surface area contributed by atoms with Gasteiger partial charge < -0.3 is 10.3 Å². The lowest BCUT2D eigenvalue weighted by Crippen LogP contribution is -2.33. The van der Waals surface area contributed by atoms with Crippen molar-refractivity contribution in [2.75, 3.05) is 6.54 Å². The summed E-state index contributed by atoms with van der Waals surface area (Å²) in [6, 6.07) is 14.8. The van der Waals surface area contributed by atoms with E-state index >= 15 is 0 Å². The van der Waals surface area contributed by atoms with Crippen LogP contribution in [0.4, 0.5) is 0 Å². The molecular formula is C21H20N4O2. The zero-order valence-corrected chi connectivity index (χ0v) is 15.0. The molecule has 0 radical (unpaired) electrons. The number of nitrogens with zero attached hydrogens (tertiary/aromatic N) is 2. The third-order valence-electron chi connectivity index (χ3n) is 4.69. The molecule has 0 saturated heterocycles. The summed E-state index contributed by atoms with van der Waals surface area (Å²) in [5, 5.41) is 4.48. The number of amides is 1. The van der Waals surface area contributed by atoms with Crippen molar-refractivity contribution in [1.29, 1.82) is 0 Å². The maximum absolute atomic E-state index is 12.8. The molecule has 2 aromatic carbocycles. The van der Waals surface area contributed by atoms with Crippen molar-refractivity contribution in [1.82, 2.24) is 19.9 Å². The topological polar surface area (TPSA) is 79.8 Å². The van der Waals surface area contributed by atoms with Gasteiger partial charge in [-0.3, -0.25) is 14.2 Å². The number of aromatic nitrogens is 3. The van der Waals surface area contributed by atoms with Crippen LogP contribution in [0.1, 0.15) is 23.1 Å². The Morgan fingerprint density at radius 1 is 1.19 bits per heavy atom. The molecule has 0 aliphatic heterocycles. The second-order valence-corrected chi connectivity index (χ2v) is 6.39. The van der Waals surface area contributed by atoms with Gasteiger partial charge in [-0.25, -0.2) is 4.98 Å². The first-order chi connectivity index (χ1) is 13.2. The van der Waals surface area contributed by atoms with Crippen molar-refractivity contribution in [2.24, 2.45) is 0 Å². The summed E-state index contributed by atoms with van der Waals surface area (Å²) in [5.41, 5.74) is 2.23. The molecule has 0 bridgehead atoms. The molecule has 4 aromatic rings. The van der Waals surface area contributed by atoms with Crippen molar-refractivity contribution in [3.8, 4) is 0 Å². The first-order valence-electron chi connectivity index (χ1n) is 9.01. The molecule has 0 atom stereocenters. The highest BCUT2D eigenvalue weighted by atomic mass is 16.1. The smallest absolute Gasteiger partial charge is 0.261 e. The molecule has 0 aliphatic carbocycles. The number of nitrogens with one attached hydrogen (secondary N) is 2. The molecule has 27 heavy (non-hydrogen) atoms. The number of hydrogen-bond acceptors (Lipinski definition) is 3. The fourth-order valence-corrected chi connectivity index (χ4v) is 3.29.